The molecule has 0 radical (unpaired) electrons. The molecule has 2 unspecified atom stereocenters. The monoisotopic (exact) mass is 337 g/mol. The molecule has 1 heterocycles. The first-order chi connectivity index (χ1) is 9.38. The van der Waals surface area contributed by atoms with Crippen molar-refractivity contribution >= 4 is 37.0 Å². The van der Waals surface area contributed by atoms with Crippen LogP contribution in [0.5, 0.6) is 0 Å². The summed E-state index contributed by atoms with van der Waals surface area (Å²) < 4.78 is 27.6. The van der Waals surface area contributed by atoms with Gasteiger partial charge in [0, 0.05) is 28.7 Å². The molecule has 0 spiro atoms. The fourth-order valence-electron chi connectivity index (χ4n) is 2.31. The van der Waals surface area contributed by atoms with Crippen molar-refractivity contribution in [3.63, 3.8) is 0 Å². The molecule has 1 aromatic rings. The molecule has 0 saturated heterocycles. The summed E-state index contributed by atoms with van der Waals surface area (Å²) in [5.41, 5.74) is 0. The van der Waals surface area contributed by atoms with E-state index in [9.17, 15) is 13.2 Å². The summed E-state index contributed by atoms with van der Waals surface area (Å²) in [6.07, 6.45) is 3.08. The van der Waals surface area contributed by atoms with Gasteiger partial charge in [-0.3, -0.25) is 4.79 Å². The van der Waals surface area contributed by atoms with Crippen LogP contribution in [0.3, 0.4) is 0 Å². The Morgan fingerprint density at radius 2 is 2.25 bits per heavy atom. The second-order valence-electron chi connectivity index (χ2n) is 4.77. The van der Waals surface area contributed by atoms with Crippen LogP contribution in [0.15, 0.2) is 16.3 Å². The number of carbonyl (C=O) groups excluding carboxylic acids is 1. The number of methoxy groups -OCH3 is 1. The molecule has 2 rings (SSSR count). The third-order valence-corrected chi connectivity index (χ3v) is 6.47. The SMILES string of the molecule is COC1CCC(NC(=O)Cc2ccc(S(=O)(=O)Cl)s2)C1. The molecule has 8 heteroatoms. The maximum absolute atomic E-state index is 11.9. The van der Waals surface area contributed by atoms with Gasteiger partial charge in [-0.2, -0.15) is 0 Å². The van der Waals surface area contributed by atoms with Gasteiger partial charge >= 0.3 is 0 Å². The minimum atomic E-state index is -3.71. The van der Waals surface area contributed by atoms with Crippen molar-refractivity contribution in [1.29, 1.82) is 0 Å². The van der Waals surface area contributed by atoms with Crippen LogP contribution in [0.4, 0.5) is 0 Å². The molecule has 1 aromatic heterocycles. The Hall–Kier alpha value is -0.630. The number of hydrogen-bond acceptors (Lipinski definition) is 5. The van der Waals surface area contributed by atoms with E-state index in [-0.39, 0.29) is 28.7 Å². The molecule has 112 valence electrons. The minimum absolute atomic E-state index is 0.0716. The molecule has 0 aromatic carbocycles. The van der Waals surface area contributed by atoms with Gasteiger partial charge in [-0.25, -0.2) is 8.42 Å². The Bertz CT molecular complexity index is 584. The Labute approximate surface area is 126 Å². The van der Waals surface area contributed by atoms with Crippen LogP contribution in [0, 0.1) is 0 Å². The molecule has 5 nitrogen and oxygen atoms in total. The van der Waals surface area contributed by atoms with Crippen molar-refractivity contribution in [2.24, 2.45) is 0 Å². The van der Waals surface area contributed by atoms with Gasteiger partial charge in [0.05, 0.1) is 12.5 Å². The quantitative estimate of drug-likeness (QED) is 0.833. The smallest absolute Gasteiger partial charge is 0.270 e. The van der Waals surface area contributed by atoms with Crippen molar-refractivity contribution in [3.05, 3.63) is 17.0 Å². The predicted molar refractivity (Wildman–Crippen MR) is 77.6 cm³/mol. The lowest BCUT2D eigenvalue weighted by Crippen LogP contribution is -2.34. The van der Waals surface area contributed by atoms with Gasteiger partial charge in [0.2, 0.25) is 5.91 Å². The van der Waals surface area contributed by atoms with E-state index in [4.69, 9.17) is 15.4 Å². The molecule has 0 aliphatic heterocycles. The zero-order valence-electron chi connectivity index (χ0n) is 11.0. The summed E-state index contributed by atoms with van der Waals surface area (Å²) in [5, 5.41) is 2.94. The van der Waals surface area contributed by atoms with Gasteiger partial charge in [0.15, 0.2) is 0 Å². The maximum Gasteiger partial charge on any atom is 0.270 e. The Morgan fingerprint density at radius 3 is 2.80 bits per heavy atom. The van der Waals surface area contributed by atoms with E-state index in [0.717, 1.165) is 30.6 Å². The average Bonchev–Trinajstić information content (AvgIpc) is 2.97. The third kappa shape index (κ3) is 4.18. The Morgan fingerprint density at radius 1 is 1.50 bits per heavy atom. The largest absolute Gasteiger partial charge is 0.381 e. The molecule has 20 heavy (non-hydrogen) atoms. The van der Waals surface area contributed by atoms with Crippen molar-refractivity contribution in [3.8, 4) is 0 Å². The van der Waals surface area contributed by atoms with E-state index in [0.29, 0.717) is 4.88 Å². The summed E-state index contributed by atoms with van der Waals surface area (Å²) in [5.74, 6) is -0.105. The number of halogens is 1. The van der Waals surface area contributed by atoms with Gasteiger partial charge in [-0.05, 0) is 31.4 Å². The van der Waals surface area contributed by atoms with E-state index in [1.165, 1.54) is 6.07 Å². The summed E-state index contributed by atoms with van der Waals surface area (Å²) in [6.45, 7) is 0. The van der Waals surface area contributed by atoms with Crippen LogP contribution >= 0.6 is 22.0 Å². The fourth-order valence-corrected chi connectivity index (χ4v) is 4.43. The molecule has 1 aliphatic rings. The maximum atomic E-state index is 11.9. The zero-order chi connectivity index (χ0) is 14.8. The third-order valence-electron chi connectivity index (χ3n) is 3.30. The van der Waals surface area contributed by atoms with Crippen LogP contribution in [0.2, 0.25) is 0 Å². The van der Waals surface area contributed by atoms with Crippen molar-refractivity contribution in [1.82, 2.24) is 5.32 Å². The van der Waals surface area contributed by atoms with E-state index in [1.807, 2.05) is 0 Å². The van der Waals surface area contributed by atoms with Crippen molar-refractivity contribution in [2.75, 3.05) is 7.11 Å². The Kier molecular flexibility index (Phi) is 5.06. The fraction of sp³-hybridized carbons (Fsp3) is 0.583. The van der Waals surface area contributed by atoms with Gasteiger partial charge < -0.3 is 10.1 Å². The van der Waals surface area contributed by atoms with E-state index < -0.39 is 9.05 Å². The highest BCUT2D eigenvalue weighted by atomic mass is 35.7. The topological polar surface area (TPSA) is 72.5 Å². The molecule has 1 fully saturated rings. The first kappa shape index (κ1) is 15.8. The highest BCUT2D eigenvalue weighted by Gasteiger charge is 2.25. The standard InChI is InChI=1S/C12H16ClNO4S2/c1-18-9-3-2-8(6-9)14-11(15)7-10-4-5-12(19-10)20(13,16)17/h4-5,8-9H,2-3,6-7H2,1H3,(H,14,15). The summed E-state index contributed by atoms with van der Waals surface area (Å²) in [6, 6.07) is 3.18. The number of ether oxygens (including phenoxy) is 1. The lowest BCUT2D eigenvalue weighted by molar-refractivity contribution is -0.121. The van der Waals surface area contributed by atoms with Gasteiger partial charge in [-0.15, -0.1) is 11.3 Å². The second kappa shape index (κ2) is 6.43. The van der Waals surface area contributed by atoms with Crippen LogP contribution in [-0.4, -0.2) is 33.6 Å². The summed E-state index contributed by atoms with van der Waals surface area (Å²) in [7, 11) is 3.21. The molecule has 1 aliphatic carbocycles. The van der Waals surface area contributed by atoms with Crippen LogP contribution in [0.1, 0.15) is 24.1 Å². The van der Waals surface area contributed by atoms with Gasteiger partial charge in [-0.1, -0.05) is 0 Å². The van der Waals surface area contributed by atoms with Crippen molar-refractivity contribution in [2.45, 2.75) is 42.0 Å². The molecule has 1 amide bonds. The lowest BCUT2D eigenvalue weighted by Gasteiger charge is -2.12. The molecule has 1 N–H and O–H groups in total. The molecule has 1 saturated carbocycles. The highest BCUT2D eigenvalue weighted by molar-refractivity contribution is 8.15. The number of thiophene rings is 1. The number of carbonyl (C=O) groups is 1. The minimum Gasteiger partial charge on any atom is -0.381 e. The van der Waals surface area contributed by atoms with Crippen LogP contribution < -0.4 is 5.32 Å². The second-order valence-corrected chi connectivity index (χ2v) is 8.73. The first-order valence-electron chi connectivity index (χ1n) is 6.24. The molecular formula is C12H16ClNO4S2. The first-order valence-corrected chi connectivity index (χ1v) is 9.36. The zero-order valence-corrected chi connectivity index (χ0v) is 13.4. The van der Waals surface area contributed by atoms with Gasteiger partial charge in [0.1, 0.15) is 4.21 Å². The number of nitrogens with one attached hydrogen (secondary N) is 1. The van der Waals surface area contributed by atoms with E-state index >= 15 is 0 Å². The molecule has 0 bridgehead atoms. The molecular weight excluding hydrogens is 322 g/mol. The summed E-state index contributed by atoms with van der Waals surface area (Å²) in [4.78, 5) is 12.6. The van der Waals surface area contributed by atoms with Gasteiger partial charge in [0.25, 0.3) is 9.05 Å². The summed E-state index contributed by atoms with van der Waals surface area (Å²) >= 11 is 1.03. The number of hydrogen-bond donors (Lipinski definition) is 1. The molecule has 2 atom stereocenters. The normalized spacial score (nSPS) is 22.9. The van der Waals surface area contributed by atoms with Crippen molar-refractivity contribution < 1.29 is 17.9 Å². The average molecular weight is 338 g/mol. The number of rotatable bonds is 5. The van der Waals surface area contributed by atoms with E-state index in [2.05, 4.69) is 5.32 Å². The van der Waals surface area contributed by atoms with E-state index in [1.54, 1.807) is 13.2 Å². The van der Waals surface area contributed by atoms with Crippen LogP contribution in [0.25, 0.3) is 0 Å². The Balaban J connectivity index is 1.87. The highest BCUT2D eigenvalue weighted by Crippen LogP contribution is 2.25. The predicted octanol–water partition coefficient (Wildman–Crippen LogP) is 1.90. The lowest BCUT2D eigenvalue weighted by atomic mass is 10.2. The van der Waals surface area contributed by atoms with Crippen LogP contribution in [-0.2, 0) is 25.0 Å². The number of amides is 1.